The highest BCUT2D eigenvalue weighted by atomic mass is 35.5. The van der Waals surface area contributed by atoms with Crippen molar-refractivity contribution in [1.82, 2.24) is 0 Å². The standard InChI is InChI=1S/C16H12Cl2FNO3S/c17-12-4-1-10(2-5-12)9-24(22,23)15(16(20)21)7-11-3-6-13(19)8-14(11)18/h1-8H,9H2,(H2,20,21)/b15-7-. The van der Waals surface area contributed by atoms with Crippen molar-refractivity contribution in [2.75, 3.05) is 0 Å². The summed E-state index contributed by atoms with van der Waals surface area (Å²) in [6.45, 7) is 0. The normalized spacial score (nSPS) is 12.2. The molecule has 0 unspecified atom stereocenters. The van der Waals surface area contributed by atoms with E-state index in [9.17, 15) is 17.6 Å². The van der Waals surface area contributed by atoms with Gasteiger partial charge in [-0.1, -0.05) is 41.4 Å². The molecule has 2 N–H and O–H groups in total. The first-order chi connectivity index (χ1) is 11.2. The van der Waals surface area contributed by atoms with Crippen molar-refractivity contribution in [2.24, 2.45) is 5.73 Å². The third-order valence-electron chi connectivity index (χ3n) is 3.10. The molecule has 2 aromatic rings. The highest BCUT2D eigenvalue weighted by molar-refractivity contribution is 7.95. The number of nitrogens with two attached hydrogens (primary N) is 1. The van der Waals surface area contributed by atoms with E-state index in [4.69, 9.17) is 28.9 Å². The molecule has 0 atom stereocenters. The number of hydrogen-bond donors (Lipinski definition) is 1. The van der Waals surface area contributed by atoms with Crippen molar-refractivity contribution in [2.45, 2.75) is 5.75 Å². The van der Waals surface area contributed by atoms with Crippen LogP contribution in [-0.2, 0) is 20.4 Å². The molecule has 0 aliphatic rings. The number of benzene rings is 2. The molecule has 1 amide bonds. The molecule has 126 valence electrons. The fraction of sp³-hybridized carbons (Fsp3) is 0.0625. The van der Waals surface area contributed by atoms with Crippen LogP contribution in [0.5, 0.6) is 0 Å². The Kier molecular flexibility index (Phi) is 5.64. The van der Waals surface area contributed by atoms with E-state index in [-0.39, 0.29) is 10.6 Å². The van der Waals surface area contributed by atoms with Gasteiger partial charge in [-0.25, -0.2) is 12.8 Å². The van der Waals surface area contributed by atoms with Gasteiger partial charge in [-0.3, -0.25) is 4.79 Å². The molecule has 8 heteroatoms. The van der Waals surface area contributed by atoms with Gasteiger partial charge in [-0.05, 0) is 41.5 Å². The molecular weight excluding hydrogens is 376 g/mol. The van der Waals surface area contributed by atoms with Crippen molar-refractivity contribution in [3.63, 3.8) is 0 Å². The Morgan fingerprint density at radius 1 is 1.12 bits per heavy atom. The summed E-state index contributed by atoms with van der Waals surface area (Å²) < 4.78 is 38.1. The molecule has 4 nitrogen and oxygen atoms in total. The third-order valence-corrected chi connectivity index (χ3v) is 5.38. The highest BCUT2D eigenvalue weighted by Gasteiger charge is 2.24. The van der Waals surface area contributed by atoms with Crippen LogP contribution in [0.3, 0.4) is 0 Å². The average Bonchev–Trinajstić information content (AvgIpc) is 2.48. The predicted octanol–water partition coefficient (Wildman–Crippen LogP) is 3.57. The van der Waals surface area contributed by atoms with Gasteiger partial charge in [0.2, 0.25) is 0 Å². The van der Waals surface area contributed by atoms with Crippen molar-refractivity contribution in [3.8, 4) is 0 Å². The summed E-state index contributed by atoms with van der Waals surface area (Å²) in [6, 6.07) is 9.51. The smallest absolute Gasteiger partial charge is 0.260 e. The number of sulfone groups is 1. The van der Waals surface area contributed by atoms with Crippen LogP contribution in [-0.4, -0.2) is 14.3 Å². The van der Waals surface area contributed by atoms with E-state index in [1.54, 1.807) is 0 Å². The Balaban J connectivity index is 2.43. The second kappa shape index (κ2) is 7.34. The predicted molar refractivity (Wildman–Crippen MR) is 92.7 cm³/mol. The zero-order valence-electron chi connectivity index (χ0n) is 12.2. The van der Waals surface area contributed by atoms with Gasteiger partial charge in [-0.15, -0.1) is 0 Å². The number of carbonyl (C=O) groups excluding carboxylic acids is 1. The molecule has 0 heterocycles. The maximum Gasteiger partial charge on any atom is 0.260 e. The minimum Gasteiger partial charge on any atom is -0.365 e. The van der Waals surface area contributed by atoms with Gasteiger partial charge < -0.3 is 5.73 Å². The van der Waals surface area contributed by atoms with Crippen LogP contribution in [0.15, 0.2) is 47.4 Å². The fourth-order valence-electron chi connectivity index (χ4n) is 1.95. The molecule has 2 aromatic carbocycles. The van der Waals surface area contributed by atoms with E-state index < -0.39 is 32.2 Å². The SMILES string of the molecule is NC(=O)/C(=C/c1ccc(F)cc1Cl)S(=O)(=O)Cc1ccc(Cl)cc1. The Morgan fingerprint density at radius 2 is 1.75 bits per heavy atom. The molecule has 0 fully saturated rings. The Bertz CT molecular complexity index is 909. The van der Waals surface area contributed by atoms with Gasteiger partial charge in [0, 0.05) is 5.02 Å². The molecule has 24 heavy (non-hydrogen) atoms. The molecule has 0 saturated carbocycles. The second-order valence-electron chi connectivity index (χ2n) is 4.92. The molecule has 2 rings (SSSR count). The number of primary amides is 1. The van der Waals surface area contributed by atoms with Crippen LogP contribution in [0.1, 0.15) is 11.1 Å². The van der Waals surface area contributed by atoms with Crippen LogP contribution >= 0.6 is 23.2 Å². The van der Waals surface area contributed by atoms with Gasteiger partial charge in [0.05, 0.1) is 10.8 Å². The lowest BCUT2D eigenvalue weighted by molar-refractivity contribution is -0.113. The van der Waals surface area contributed by atoms with Crippen molar-refractivity contribution >= 4 is 45.0 Å². The first-order valence-electron chi connectivity index (χ1n) is 6.63. The Hall–Kier alpha value is -1.89. The van der Waals surface area contributed by atoms with Gasteiger partial charge in [0.15, 0.2) is 9.84 Å². The van der Waals surface area contributed by atoms with Crippen LogP contribution in [0.2, 0.25) is 10.0 Å². The lowest BCUT2D eigenvalue weighted by atomic mass is 10.2. The van der Waals surface area contributed by atoms with E-state index in [1.165, 1.54) is 30.3 Å². The summed E-state index contributed by atoms with van der Waals surface area (Å²) in [7, 11) is -4.02. The molecule has 0 aliphatic heterocycles. The molecule has 0 aromatic heterocycles. The summed E-state index contributed by atoms with van der Waals surface area (Å²) in [5.74, 6) is -2.14. The monoisotopic (exact) mass is 387 g/mol. The summed E-state index contributed by atoms with van der Waals surface area (Å²) in [5, 5.41) is 0.426. The van der Waals surface area contributed by atoms with Gasteiger partial charge in [0.25, 0.3) is 5.91 Å². The number of hydrogen-bond acceptors (Lipinski definition) is 3. The van der Waals surface area contributed by atoms with Crippen LogP contribution < -0.4 is 5.73 Å². The second-order valence-corrected chi connectivity index (χ2v) is 7.73. The number of amides is 1. The van der Waals surface area contributed by atoms with Crippen LogP contribution in [0.25, 0.3) is 6.08 Å². The number of carbonyl (C=O) groups is 1. The summed E-state index contributed by atoms with van der Waals surface area (Å²) in [6.07, 6.45) is 1.04. The summed E-state index contributed by atoms with van der Waals surface area (Å²) >= 11 is 11.6. The summed E-state index contributed by atoms with van der Waals surface area (Å²) in [5.41, 5.74) is 5.82. The molecule has 0 bridgehead atoms. The molecule has 0 aliphatic carbocycles. The third kappa shape index (κ3) is 4.56. The summed E-state index contributed by atoms with van der Waals surface area (Å²) in [4.78, 5) is 11.0. The van der Waals surface area contributed by atoms with E-state index >= 15 is 0 Å². The van der Waals surface area contributed by atoms with Crippen molar-refractivity contribution in [1.29, 1.82) is 0 Å². The number of rotatable bonds is 5. The molecule has 0 spiro atoms. The topological polar surface area (TPSA) is 77.2 Å². The van der Waals surface area contributed by atoms with E-state index in [0.29, 0.717) is 10.6 Å². The van der Waals surface area contributed by atoms with Crippen LogP contribution in [0, 0.1) is 5.82 Å². The van der Waals surface area contributed by atoms with Gasteiger partial charge >= 0.3 is 0 Å². The van der Waals surface area contributed by atoms with Crippen LogP contribution in [0.4, 0.5) is 4.39 Å². The largest absolute Gasteiger partial charge is 0.365 e. The van der Waals surface area contributed by atoms with Gasteiger partial charge in [-0.2, -0.15) is 0 Å². The highest BCUT2D eigenvalue weighted by Crippen LogP contribution is 2.24. The minimum atomic E-state index is -4.02. The fourth-order valence-corrected chi connectivity index (χ4v) is 3.70. The lowest BCUT2D eigenvalue weighted by Crippen LogP contribution is -2.22. The van der Waals surface area contributed by atoms with Gasteiger partial charge in [0.1, 0.15) is 10.7 Å². The quantitative estimate of drug-likeness (QED) is 0.796. The maximum atomic E-state index is 13.1. The Morgan fingerprint density at radius 3 is 2.29 bits per heavy atom. The molecule has 0 radical (unpaired) electrons. The van der Waals surface area contributed by atoms with Crippen molar-refractivity contribution < 1.29 is 17.6 Å². The van der Waals surface area contributed by atoms with E-state index in [1.807, 2.05) is 0 Å². The zero-order valence-corrected chi connectivity index (χ0v) is 14.5. The average molecular weight is 388 g/mol. The maximum absolute atomic E-state index is 13.1. The number of halogens is 3. The first-order valence-corrected chi connectivity index (χ1v) is 9.03. The molecular formula is C16H12Cl2FNO3S. The minimum absolute atomic E-state index is 0.0320. The Labute approximate surface area is 148 Å². The first kappa shape index (κ1) is 18.4. The van der Waals surface area contributed by atoms with E-state index in [2.05, 4.69) is 0 Å². The van der Waals surface area contributed by atoms with E-state index in [0.717, 1.165) is 18.2 Å². The lowest BCUT2D eigenvalue weighted by Gasteiger charge is -2.07. The molecule has 0 saturated heterocycles. The van der Waals surface area contributed by atoms with Crippen molar-refractivity contribution in [3.05, 3.63) is 74.4 Å². The zero-order chi connectivity index (χ0) is 17.9.